The van der Waals surface area contributed by atoms with Gasteiger partial charge in [0.1, 0.15) is 0 Å². The number of benzene rings is 2. The molecule has 0 saturated carbocycles. The number of ketones is 1. The molecule has 5 heteroatoms. The Labute approximate surface area is 200 Å². The molecule has 161 valence electrons. The van der Waals surface area contributed by atoms with Crippen LogP contribution in [-0.2, 0) is 24.9 Å². The summed E-state index contributed by atoms with van der Waals surface area (Å²) in [4.78, 5) is 16.1. The Bertz CT molecular complexity index is 1190. The van der Waals surface area contributed by atoms with E-state index in [1.807, 2.05) is 35.6 Å². The van der Waals surface area contributed by atoms with Gasteiger partial charge in [-0.15, -0.1) is 47.2 Å². The molecule has 4 rings (SSSR count). The zero-order chi connectivity index (χ0) is 21.7. The first-order valence-electron chi connectivity index (χ1n) is 9.67. The Balaban J connectivity index is 0.000000373. The number of rotatable bonds is 3. The molecule has 2 heterocycles. The zero-order valence-corrected chi connectivity index (χ0v) is 21.1. The van der Waals surface area contributed by atoms with Crippen LogP contribution in [0, 0.1) is 19.9 Å². The third kappa shape index (κ3) is 6.44. The van der Waals surface area contributed by atoms with Crippen LogP contribution >= 0.6 is 11.3 Å². The summed E-state index contributed by atoms with van der Waals surface area (Å²) in [5.41, 5.74) is 7.03. The van der Waals surface area contributed by atoms with Crippen molar-refractivity contribution in [3.05, 3.63) is 89.7 Å². The largest absolute Gasteiger partial charge is 0.512 e. The number of hydrogen-bond acceptors (Lipinski definition) is 4. The van der Waals surface area contributed by atoms with Crippen LogP contribution < -0.4 is 0 Å². The van der Waals surface area contributed by atoms with Crippen molar-refractivity contribution >= 4 is 27.3 Å². The van der Waals surface area contributed by atoms with Crippen LogP contribution in [0.4, 0.5) is 0 Å². The van der Waals surface area contributed by atoms with Gasteiger partial charge in [0.05, 0.1) is 16.0 Å². The van der Waals surface area contributed by atoms with Gasteiger partial charge in [0, 0.05) is 31.1 Å². The van der Waals surface area contributed by atoms with Gasteiger partial charge < -0.3 is 5.11 Å². The fourth-order valence-corrected chi connectivity index (χ4v) is 4.42. The van der Waals surface area contributed by atoms with E-state index in [1.165, 1.54) is 46.2 Å². The van der Waals surface area contributed by atoms with Crippen LogP contribution in [0.1, 0.15) is 25.0 Å². The fourth-order valence-electron chi connectivity index (χ4n) is 3.25. The van der Waals surface area contributed by atoms with Crippen LogP contribution in [0.25, 0.3) is 31.9 Å². The quantitative estimate of drug-likeness (QED) is 0.154. The predicted octanol–water partition coefficient (Wildman–Crippen LogP) is 7.08. The van der Waals surface area contributed by atoms with E-state index in [0.717, 1.165) is 16.8 Å². The number of aliphatic hydroxyl groups excluding tert-OH is 1. The molecule has 0 saturated heterocycles. The van der Waals surface area contributed by atoms with Crippen molar-refractivity contribution in [3.8, 4) is 21.7 Å². The summed E-state index contributed by atoms with van der Waals surface area (Å²) < 4.78 is 1.22. The van der Waals surface area contributed by atoms with Crippen molar-refractivity contribution in [2.45, 2.75) is 27.7 Å². The number of thiophene rings is 1. The second-order valence-corrected chi connectivity index (χ2v) is 8.21. The topological polar surface area (TPSA) is 50.2 Å². The number of aromatic nitrogens is 1. The molecular formula is C26H24IrNO2S-. The Morgan fingerprint density at radius 1 is 1.03 bits per heavy atom. The summed E-state index contributed by atoms with van der Waals surface area (Å²) in [6, 6.07) is 24.1. The second-order valence-electron chi connectivity index (χ2n) is 7.13. The number of carbonyl (C=O) groups excluding carboxylic acids is 1. The maximum absolute atomic E-state index is 10.0. The molecular weight excluding hydrogens is 583 g/mol. The summed E-state index contributed by atoms with van der Waals surface area (Å²) in [6.45, 7) is 7.19. The number of fused-ring (bicyclic) bond motifs is 1. The Morgan fingerprint density at radius 2 is 1.74 bits per heavy atom. The molecule has 2 aromatic carbocycles. The Morgan fingerprint density at radius 3 is 2.29 bits per heavy atom. The Kier molecular flexibility index (Phi) is 8.87. The van der Waals surface area contributed by atoms with Gasteiger partial charge in [-0.05, 0) is 62.2 Å². The van der Waals surface area contributed by atoms with E-state index in [2.05, 4.69) is 56.3 Å². The number of aliphatic hydroxyl groups is 1. The predicted molar refractivity (Wildman–Crippen MR) is 126 cm³/mol. The summed E-state index contributed by atoms with van der Waals surface area (Å²) in [5.74, 6) is -0.0625. The van der Waals surface area contributed by atoms with Gasteiger partial charge in [0.2, 0.25) is 0 Å². The van der Waals surface area contributed by atoms with Gasteiger partial charge in [-0.2, -0.15) is 0 Å². The minimum Gasteiger partial charge on any atom is -0.512 e. The summed E-state index contributed by atoms with van der Waals surface area (Å²) in [7, 11) is 0. The van der Waals surface area contributed by atoms with Crippen LogP contribution in [0.15, 0.2) is 72.5 Å². The standard InChI is InChI=1S/C21H16NS.C5H8O2.Ir/c1-14-7-6-8-15(2)21(14)20-13-18-19(23-20)12-11-17(22-18)16-9-4-3-5-10-16;1-4(6)3-5(2)7;/h3-9,11-13H,1-2H3;3,6H,1-2H3;/q-1;;/b;4-3-;. The average molecular weight is 607 g/mol. The van der Waals surface area contributed by atoms with Crippen molar-refractivity contribution in [1.29, 1.82) is 0 Å². The molecule has 2 aromatic heterocycles. The van der Waals surface area contributed by atoms with Crippen molar-refractivity contribution in [1.82, 2.24) is 4.98 Å². The third-order valence-corrected chi connectivity index (χ3v) is 5.61. The number of aryl methyl sites for hydroxylation is 2. The third-order valence-electron chi connectivity index (χ3n) is 4.50. The molecule has 3 nitrogen and oxygen atoms in total. The van der Waals surface area contributed by atoms with E-state index >= 15 is 0 Å². The van der Waals surface area contributed by atoms with Crippen molar-refractivity contribution in [3.63, 3.8) is 0 Å². The Hall–Kier alpha value is -2.59. The van der Waals surface area contributed by atoms with Crippen LogP contribution in [-0.4, -0.2) is 15.9 Å². The molecule has 0 unspecified atom stereocenters. The van der Waals surface area contributed by atoms with Gasteiger partial charge in [-0.1, -0.05) is 24.3 Å². The molecule has 0 atom stereocenters. The first-order valence-corrected chi connectivity index (χ1v) is 10.5. The van der Waals surface area contributed by atoms with Crippen molar-refractivity contribution in [2.24, 2.45) is 0 Å². The molecule has 1 N–H and O–H groups in total. The number of nitrogens with zero attached hydrogens (tertiary/aromatic N) is 1. The number of allylic oxidation sites excluding steroid dienone is 2. The molecule has 4 aromatic rings. The second kappa shape index (κ2) is 11.1. The number of hydrogen-bond donors (Lipinski definition) is 1. The monoisotopic (exact) mass is 607 g/mol. The summed E-state index contributed by atoms with van der Waals surface area (Å²) in [6.07, 6.45) is 1.17. The molecule has 0 aliphatic rings. The molecule has 31 heavy (non-hydrogen) atoms. The normalized spacial score (nSPS) is 10.8. The maximum atomic E-state index is 10.0. The van der Waals surface area contributed by atoms with Gasteiger partial charge in [0.15, 0.2) is 5.78 Å². The fraction of sp³-hybridized carbons (Fsp3) is 0.154. The van der Waals surface area contributed by atoms with E-state index in [4.69, 9.17) is 10.1 Å². The van der Waals surface area contributed by atoms with E-state index in [1.54, 1.807) is 0 Å². The number of carbonyl (C=O) groups is 1. The van der Waals surface area contributed by atoms with E-state index in [0.29, 0.717) is 0 Å². The molecule has 0 amide bonds. The molecule has 0 bridgehead atoms. The molecule has 1 radical (unpaired) electrons. The maximum Gasteiger partial charge on any atom is 0.155 e. The first-order chi connectivity index (χ1) is 14.3. The van der Waals surface area contributed by atoms with E-state index in [-0.39, 0.29) is 31.6 Å². The van der Waals surface area contributed by atoms with Crippen molar-refractivity contribution in [2.75, 3.05) is 0 Å². The molecule has 0 aliphatic heterocycles. The van der Waals surface area contributed by atoms with Gasteiger partial charge in [0.25, 0.3) is 0 Å². The van der Waals surface area contributed by atoms with Gasteiger partial charge in [-0.25, -0.2) is 0 Å². The molecule has 0 spiro atoms. The molecule has 0 aliphatic carbocycles. The smallest absolute Gasteiger partial charge is 0.155 e. The van der Waals surface area contributed by atoms with Gasteiger partial charge in [-0.3, -0.25) is 9.78 Å². The van der Waals surface area contributed by atoms with Crippen LogP contribution in [0.3, 0.4) is 0 Å². The summed E-state index contributed by atoms with van der Waals surface area (Å²) in [5, 5.41) is 8.36. The van der Waals surface area contributed by atoms with Crippen LogP contribution in [0.2, 0.25) is 0 Å². The average Bonchev–Trinajstić information content (AvgIpc) is 3.10. The van der Waals surface area contributed by atoms with Crippen LogP contribution in [0.5, 0.6) is 0 Å². The first kappa shape index (κ1) is 24.7. The number of pyridine rings is 1. The summed E-state index contributed by atoms with van der Waals surface area (Å²) >= 11 is 1.81. The van der Waals surface area contributed by atoms with E-state index < -0.39 is 0 Å². The van der Waals surface area contributed by atoms with E-state index in [9.17, 15) is 4.79 Å². The SMILES string of the molecule is CC(=O)/C=C(/C)O.Cc1cccc(C)c1-c1cc2nc(-c3[c-]cccc3)ccc2s1.[Ir]. The molecule has 0 fully saturated rings. The van der Waals surface area contributed by atoms with Gasteiger partial charge >= 0.3 is 0 Å². The van der Waals surface area contributed by atoms with Crippen molar-refractivity contribution < 1.29 is 30.0 Å². The minimum atomic E-state index is -0.125. The zero-order valence-electron chi connectivity index (χ0n) is 17.9. The minimum absolute atomic E-state index is 0.